The van der Waals surface area contributed by atoms with Crippen molar-refractivity contribution in [3.8, 4) is 11.5 Å². The number of hydrogen-bond acceptors (Lipinski definition) is 3. The molecule has 20 heavy (non-hydrogen) atoms. The number of ether oxygens (including phenoxy) is 2. The molecule has 0 aliphatic heterocycles. The van der Waals surface area contributed by atoms with Gasteiger partial charge in [0.15, 0.2) is 17.3 Å². The minimum Gasteiger partial charge on any atom is -0.490 e. The number of carbonyl (C=O) groups is 1. The van der Waals surface area contributed by atoms with Crippen LogP contribution >= 0.6 is 0 Å². The van der Waals surface area contributed by atoms with E-state index in [0.717, 1.165) is 24.8 Å². The van der Waals surface area contributed by atoms with Crippen molar-refractivity contribution in [2.45, 2.75) is 39.5 Å². The van der Waals surface area contributed by atoms with E-state index in [1.54, 1.807) is 6.07 Å². The Morgan fingerprint density at radius 1 is 1.10 bits per heavy atom. The fourth-order valence-corrected chi connectivity index (χ4v) is 2.42. The lowest BCUT2D eigenvalue weighted by molar-refractivity contribution is 0.102. The van der Waals surface area contributed by atoms with E-state index >= 15 is 0 Å². The Bertz CT molecular complexity index is 503. The molecule has 3 nitrogen and oxygen atoms in total. The van der Waals surface area contributed by atoms with E-state index in [0.29, 0.717) is 30.3 Å². The van der Waals surface area contributed by atoms with Gasteiger partial charge in [0.1, 0.15) is 0 Å². The predicted molar refractivity (Wildman–Crippen MR) is 79.7 cm³/mol. The maximum absolute atomic E-state index is 12.5. The van der Waals surface area contributed by atoms with Gasteiger partial charge in [-0.1, -0.05) is 6.08 Å². The number of carbonyl (C=O) groups excluding carboxylic acids is 1. The average Bonchev–Trinajstić information content (AvgIpc) is 2.50. The number of benzene rings is 1. The van der Waals surface area contributed by atoms with E-state index in [9.17, 15) is 4.79 Å². The summed E-state index contributed by atoms with van der Waals surface area (Å²) in [4.78, 5) is 12.5. The fourth-order valence-electron chi connectivity index (χ4n) is 2.42. The zero-order valence-corrected chi connectivity index (χ0v) is 12.3. The molecule has 1 aliphatic carbocycles. The Labute approximate surface area is 120 Å². The van der Waals surface area contributed by atoms with E-state index in [1.165, 1.54) is 6.42 Å². The molecule has 0 fully saturated rings. The summed E-state index contributed by atoms with van der Waals surface area (Å²) in [5.41, 5.74) is 1.62. The standard InChI is InChI=1S/C17H22O3/c1-3-19-15-11-10-14(12-16(15)20-4-2)17(18)13-8-6-5-7-9-13/h8,10-12H,3-7,9H2,1-2H3. The Morgan fingerprint density at radius 3 is 2.50 bits per heavy atom. The number of rotatable bonds is 6. The Morgan fingerprint density at radius 2 is 1.85 bits per heavy atom. The van der Waals surface area contributed by atoms with Crippen LogP contribution < -0.4 is 9.47 Å². The van der Waals surface area contributed by atoms with Gasteiger partial charge in [-0.25, -0.2) is 0 Å². The summed E-state index contributed by atoms with van der Waals surface area (Å²) >= 11 is 0. The van der Waals surface area contributed by atoms with E-state index in [4.69, 9.17) is 9.47 Å². The zero-order chi connectivity index (χ0) is 14.4. The summed E-state index contributed by atoms with van der Waals surface area (Å²) in [7, 11) is 0. The highest BCUT2D eigenvalue weighted by molar-refractivity contribution is 6.09. The first-order chi connectivity index (χ1) is 9.76. The molecule has 0 saturated carbocycles. The maximum Gasteiger partial charge on any atom is 0.188 e. The molecule has 0 heterocycles. The fraction of sp³-hybridized carbons (Fsp3) is 0.471. The van der Waals surface area contributed by atoms with Crippen LogP contribution in [-0.2, 0) is 0 Å². The van der Waals surface area contributed by atoms with Gasteiger partial charge in [0.2, 0.25) is 0 Å². The highest BCUT2D eigenvalue weighted by Gasteiger charge is 2.16. The summed E-state index contributed by atoms with van der Waals surface area (Å²) in [6.45, 7) is 4.99. The summed E-state index contributed by atoms with van der Waals surface area (Å²) in [6.07, 6.45) is 6.26. The molecule has 0 radical (unpaired) electrons. The van der Waals surface area contributed by atoms with Crippen molar-refractivity contribution in [3.63, 3.8) is 0 Å². The Kier molecular flexibility index (Phi) is 5.22. The lowest BCUT2D eigenvalue weighted by atomic mass is 9.93. The van der Waals surface area contributed by atoms with Crippen molar-refractivity contribution in [1.82, 2.24) is 0 Å². The second-order valence-corrected chi connectivity index (χ2v) is 4.83. The molecule has 1 aromatic rings. The molecule has 3 heteroatoms. The lowest BCUT2D eigenvalue weighted by Crippen LogP contribution is -2.07. The van der Waals surface area contributed by atoms with Crippen LogP contribution in [0.2, 0.25) is 0 Å². The molecule has 1 aromatic carbocycles. The van der Waals surface area contributed by atoms with Crippen LogP contribution in [0.1, 0.15) is 49.9 Å². The summed E-state index contributed by atoms with van der Waals surface area (Å²) in [6, 6.07) is 5.45. The zero-order valence-electron chi connectivity index (χ0n) is 12.3. The topological polar surface area (TPSA) is 35.5 Å². The summed E-state index contributed by atoms with van der Waals surface area (Å²) in [5, 5.41) is 0. The molecule has 0 atom stereocenters. The van der Waals surface area contributed by atoms with Crippen LogP contribution in [0.15, 0.2) is 29.8 Å². The average molecular weight is 274 g/mol. The van der Waals surface area contributed by atoms with Crippen molar-refractivity contribution in [2.75, 3.05) is 13.2 Å². The molecule has 0 amide bonds. The minimum absolute atomic E-state index is 0.119. The van der Waals surface area contributed by atoms with Gasteiger partial charge in [-0.05, 0) is 63.3 Å². The van der Waals surface area contributed by atoms with E-state index in [2.05, 4.69) is 6.08 Å². The second-order valence-electron chi connectivity index (χ2n) is 4.83. The van der Waals surface area contributed by atoms with Gasteiger partial charge in [-0.15, -0.1) is 0 Å². The third-order valence-corrected chi connectivity index (χ3v) is 3.39. The van der Waals surface area contributed by atoms with Crippen molar-refractivity contribution in [1.29, 1.82) is 0 Å². The van der Waals surface area contributed by atoms with Crippen LogP contribution in [0.3, 0.4) is 0 Å². The summed E-state index contributed by atoms with van der Waals surface area (Å²) < 4.78 is 11.1. The smallest absolute Gasteiger partial charge is 0.188 e. The second kappa shape index (κ2) is 7.13. The van der Waals surface area contributed by atoms with Crippen LogP contribution in [0.25, 0.3) is 0 Å². The molecule has 0 spiro atoms. The van der Waals surface area contributed by atoms with Gasteiger partial charge in [-0.3, -0.25) is 4.79 Å². The van der Waals surface area contributed by atoms with Gasteiger partial charge < -0.3 is 9.47 Å². The van der Waals surface area contributed by atoms with Crippen molar-refractivity contribution in [3.05, 3.63) is 35.4 Å². The number of hydrogen-bond donors (Lipinski definition) is 0. The largest absolute Gasteiger partial charge is 0.490 e. The molecule has 0 aromatic heterocycles. The molecule has 1 aliphatic rings. The van der Waals surface area contributed by atoms with Crippen molar-refractivity contribution < 1.29 is 14.3 Å². The van der Waals surface area contributed by atoms with E-state index < -0.39 is 0 Å². The van der Waals surface area contributed by atoms with Crippen LogP contribution in [-0.4, -0.2) is 19.0 Å². The van der Waals surface area contributed by atoms with Gasteiger partial charge in [-0.2, -0.15) is 0 Å². The predicted octanol–water partition coefficient (Wildman–Crippen LogP) is 4.17. The van der Waals surface area contributed by atoms with Gasteiger partial charge in [0, 0.05) is 5.56 Å². The molecule has 2 rings (SSSR count). The van der Waals surface area contributed by atoms with E-state index in [1.807, 2.05) is 26.0 Å². The molecule has 0 bridgehead atoms. The van der Waals surface area contributed by atoms with Crippen LogP contribution in [0.4, 0.5) is 0 Å². The lowest BCUT2D eigenvalue weighted by Gasteiger charge is -2.14. The first-order valence-corrected chi connectivity index (χ1v) is 7.39. The van der Waals surface area contributed by atoms with Gasteiger partial charge in [0.25, 0.3) is 0 Å². The molecule has 0 saturated heterocycles. The minimum atomic E-state index is 0.119. The normalized spacial score (nSPS) is 14.6. The van der Waals surface area contributed by atoms with Gasteiger partial charge in [0.05, 0.1) is 13.2 Å². The summed E-state index contributed by atoms with van der Waals surface area (Å²) in [5.74, 6) is 1.47. The van der Waals surface area contributed by atoms with Crippen LogP contribution in [0.5, 0.6) is 11.5 Å². The van der Waals surface area contributed by atoms with Crippen molar-refractivity contribution >= 4 is 5.78 Å². The highest BCUT2D eigenvalue weighted by atomic mass is 16.5. The molecule has 0 N–H and O–H groups in total. The number of allylic oxidation sites excluding steroid dienone is 2. The monoisotopic (exact) mass is 274 g/mol. The molecular formula is C17H22O3. The molecule has 0 unspecified atom stereocenters. The maximum atomic E-state index is 12.5. The van der Waals surface area contributed by atoms with E-state index in [-0.39, 0.29) is 5.78 Å². The first kappa shape index (κ1) is 14.6. The van der Waals surface area contributed by atoms with Gasteiger partial charge >= 0.3 is 0 Å². The Balaban J connectivity index is 2.25. The quantitative estimate of drug-likeness (QED) is 0.730. The first-order valence-electron chi connectivity index (χ1n) is 7.39. The third kappa shape index (κ3) is 3.41. The Hall–Kier alpha value is -1.77. The van der Waals surface area contributed by atoms with Crippen LogP contribution in [0, 0.1) is 0 Å². The molecule has 108 valence electrons. The van der Waals surface area contributed by atoms with Crippen molar-refractivity contribution in [2.24, 2.45) is 0 Å². The highest BCUT2D eigenvalue weighted by Crippen LogP contribution is 2.30. The SMILES string of the molecule is CCOc1ccc(C(=O)C2=CCCCC2)cc1OCC. The molecular weight excluding hydrogens is 252 g/mol. The number of Topliss-reactive ketones (excluding diaryl/α,β-unsaturated/α-hetero) is 1. The third-order valence-electron chi connectivity index (χ3n) is 3.39. The number of ketones is 1.